The van der Waals surface area contributed by atoms with Crippen LogP contribution in [0.25, 0.3) is 11.1 Å². The smallest absolute Gasteiger partial charge is 0.337 e. The van der Waals surface area contributed by atoms with Crippen molar-refractivity contribution in [3.63, 3.8) is 0 Å². The van der Waals surface area contributed by atoms with Gasteiger partial charge in [0.2, 0.25) is 5.71 Å². The monoisotopic (exact) mass is 316 g/mol. The molecule has 0 spiro atoms. The normalized spacial score (nSPS) is 14.8. The fraction of sp³-hybridized carbons (Fsp3) is 0.471. The van der Waals surface area contributed by atoms with Gasteiger partial charge in [0, 0.05) is 12.6 Å². The number of nitrogens with one attached hydrogen (secondary N) is 1. The van der Waals surface area contributed by atoms with E-state index in [-0.39, 0.29) is 5.71 Å². The number of H-pyrrole nitrogens is 1. The molecular formula is C17H20N2O4. The van der Waals surface area contributed by atoms with E-state index in [1.54, 1.807) is 0 Å². The highest BCUT2D eigenvalue weighted by atomic mass is 16.4. The number of nitrogens with zero attached hydrogens (tertiary/aromatic N) is 1. The maximum absolute atomic E-state index is 12.2. The predicted molar refractivity (Wildman–Crippen MR) is 87.8 cm³/mol. The van der Waals surface area contributed by atoms with Crippen LogP contribution in [0.2, 0.25) is 0 Å². The summed E-state index contributed by atoms with van der Waals surface area (Å²) in [6.07, 6.45) is 8.41. The fourth-order valence-electron chi connectivity index (χ4n) is 2.72. The van der Waals surface area contributed by atoms with Crippen molar-refractivity contribution >= 4 is 11.1 Å². The highest BCUT2D eigenvalue weighted by molar-refractivity contribution is 5.75. The van der Waals surface area contributed by atoms with Gasteiger partial charge in [0.15, 0.2) is 0 Å². The highest BCUT2D eigenvalue weighted by Crippen LogP contribution is 2.30. The first-order chi connectivity index (χ1) is 11.1. The molecule has 0 atom stereocenters. The molecule has 1 N–H and O–H groups in total. The molecule has 122 valence electrons. The zero-order valence-corrected chi connectivity index (χ0v) is 13.1. The minimum Gasteiger partial charge on any atom is -0.405 e. The van der Waals surface area contributed by atoms with Gasteiger partial charge in [-0.3, -0.25) is 14.3 Å². The lowest BCUT2D eigenvalue weighted by Gasteiger charge is -2.09. The largest absolute Gasteiger partial charge is 0.405 e. The van der Waals surface area contributed by atoms with E-state index in [1.807, 2.05) is 19.1 Å². The van der Waals surface area contributed by atoms with Crippen molar-refractivity contribution in [3.8, 4) is 0 Å². The molecule has 0 radical (unpaired) electrons. The van der Waals surface area contributed by atoms with E-state index in [0.717, 1.165) is 25.7 Å². The molecule has 2 aromatic heterocycles. The van der Waals surface area contributed by atoms with Crippen molar-refractivity contribution in [3.05, 3.63) is 55.0 Å². The summed E-state index contributed by atoms with van der Waals surface area (Å²) in [5.41, 5.74) is -0.798. The Bertz CT molecular complexity index is 913. The molecule has 0 saturated heterocycles. The number of hydrogen-bond donors (Lipinski definition) is 1. The molecule has 1 fully saturated rings. The van der Waals surface area contributed by atoms with Gasteiger partial charge in [0.1, 0.15) is 5.39 Å². The second-order valence-corrected chi connectivity index (χ2v) is 6.00. The van der Waals surface area contributed by atoms with Crippen molar-refractivity contribution in [1.29, 1.82) is 0 Å². The first-order valence-corrected chi connectivity index (χ1v) is 8.05. The molecule has 0 aromatic carbocycles. The van der Waals surface area contributed by atoms with Gasteiger partial charge in [-0.15, -0.1) is 0 Å². The van der Waals surface area contributed by atoms with Crippen LogP contribution in [-0.4, -0.2) is 9.55 Å². The molecule has 0 aliphatic heterocycles. The quantitative estimate of drug-likeness (QED) is 0.825. The second kappa shape index (κ2) is 6.40. The van der Waals surface area contributed by atoms with Gasteiger partial charge in [-0.1, -0.05) is 19.1 Å². The Hall–Kier alpha value is -2.37. The van der Waals surface area contributed by atoms with Gasteiger partial charge in [-0.25, -0.2) is 9.59 Å². The molecule has 1 aliphatic carbocycles. The summed E-state index contributed by atoms with van der Waals surface area (Å²) in [7, 11) is 0. The van der Waals surface area contributed by atoms with Gasteiger partial charge < -0.3 is 4.42 Å². The topological polar surface area (TPSA) is 85.1 Å². The van der Waals surface area contributed by atoms with Crippen molar-refractivity contribution in [2.45, 2.75) is 45.6 Å². The Morgan fingerprint density at radius 3 is 2.78 bits per heavy atom. The van der Waals surface area contributed by atoms with Gasteiger partial charge >= 0.3 is 11.3 Å². The zero-order valence-electron chi connectivity index (χ0n) is 13.1. The van der Waals surface area contributed by atoms with E-state index in [9.17, 15) is 14.4 Å². The summed E-state index contributed by atoms with van der Waals surface area (Å²) in [5, 5.41) is 0.315. The number of aryl methyl sites for hydroxylation is 1. The molecule has 2 aromatic rings. The number of rotatable bonds is 6. The van der Waals surface area contributed by atoms with E-state index in [1.165, 1.54) is 10.6 Å². The Kier molecular flexibility index (Phi) is 4.32. The van der Waals surface area contributed by atoms with Gasteiger partial charge in [-0.2, -0.15) is 0 Å². The minimum atomic E-state index is -0.526. The third-order valence-electron chi connectivity index (χ3n) is 4.08. The van der Waals surface area contributed by atoms with E-state index in [2.05, 4.69) is 4.98 Å². The molecule has 6 heteroatoms. The summed E-state index contributed by atoms with van der Waals surface area (Å²) in [6, 6.07) is 1.35. The molecular weight excluding hydrogens is 296 g/mol. The van der Waals surface area contributed by atoms with E-state index < -0.39 is 16.9 Å². The molecule has 0 unspecified atom stereocenters. The predicted octanol–water partition coefficient (Wildman–Crippen LogP) is 1.95. The molecule has 1 aliphatic rings. The molecule has 3 rings (SSSR count). The Morgan fingerprint density at radius 2 is 2.09 bits per heavy atom. The van der Waals surface area contributed by atoms with Crippen LogP contribution in [0.15, 0.2) is 37.0 Å². The first-order valence-electron chi connectivity index (χ1n) is 8.05. The van der Waals surface area contributed by atoms with Crippen LogP contribution >= 0.6 is 0 Å². The Morgan fingerprint density at radius 1 is 1.30 bits per heavy atom. The fourth-order valence-corrected chi connectivity index (χ4v) is 2.72. The highest BCUT2D eigenvalue weighted by Gasteiger charge is 2.24. The SMILES string of the molecule is CC/C=C\CCc1cc(=O)oc2c1c(=O)[nH]c(=O)n2CC1CC1. The zero-order chi connectivity index (χ0) is 16.4. The number of aromatic amines is 1. The molecule has 6 nitrogen and oxygen atoms in total. The average molecular weight is 316 g/mol. The average Bonchev–Trinajstić information content (AvgIpc) is 3.31. The minimum absolute atomic E-state index is 0.104. The van der Waals surface area contributed by atoms with Crippen LogP contribution in [0.4, 0.5) is 0 Å². The van der Waals surface area contributed by atoms with Crippen molar-refractivity contribution < 1.29 is 4.42 Å². The Labute approximate surface area is 132 Å². The molecule has 2 heterocycles. The number of aromatic nitrogens is 2. The summed E-state index contributed by atoms with van der Waals surface area (Å²) in [6.45, 7) is 2.53. The van der Waals surface area contributed by atoms with Gasteiger partial charge in [-0.05, 0) is 43.6 Å². The van der Waals surface area contributed by atoms with Crippen LogP contribution in [0.5, 0.6) is 0 Å². The number of allylic oxidation sites excluding steroid dienone is 2. The van der Waals surface area contributed by atoms with Crippen molar-refractivity contribution in [1.82, 2.24) is 9.55 Å². The number of hydrogen-bond acceptors (Lipinski definition) is 4. The summed E-state index contributed by atoms with van der Waals surface area (Å²) >= 11 is 0. The molecule has 1 saturated carbocycles. The second-order valence-electron chi connectivity index (χ2n) is 6.00. The van der Waals surface area contributed by atoms with Crippen LogP contribution in [0.1, 0.15) is 38.2 Å². The molecule has 0 bridgehead atoms. The maximum atomic E-state index is 12.2. The Balaban J connectivity index is 2.13. The van der Waals surface area contributed by atoms with E-state index >= 15 is 0 Å². The lowest BCUT2D eigenvalue weighted by Crippen LogP contribution is -2.32. The van der Waals surface area contributed by atoms with Crippen molar-refractivity contribution in [2.75, 3.05) is 0 Å². The molecule has 23 heavy (non-hydrogen) atoms. The number of fused-ring (bicyclic) bond motifs is 1. The summed E-state index contributed by atoms with van der Waals surface area (Å²) < 4.78 is 6.61. The molecule has 0 amide bonds. The van der Waals surface area contributed by atoms with Crippen LogP contribution in [-0.2, 0) is 13.0 Å². The van der Waals surface area contributed by atoms with Crippen LogP contribution in [0, 0.1) is 5.92 Å². The van der Waals surface area contributed by atoms with Crippen LogP contribution in [0.3, 0.4) is 0 Å². The van der Waals surface area contributed by atoms with Gasteiger partial charge in [0.05, 0.1) is 0 Å². The van der Waals surface area contributed by atoms with Crippen LogP contribution < -0.4 is 16.9 Å². The van der Waals surface area contributed by atoms with Crippen molar-refractivity contribution in [2.24, 2.45) is 5.92 Å². The first kappa shape index (κ1) is 15.5. The van der Waals surface area contributed by atoms with E-state index in [0.29, 0.717) is 29.8 Å². The summed E-state index contributed by atoms with van der Waals surface area (Å²) in [5.74, 6) is 0.420. The standard InChI is InChI=1S/C17H20N2O4/c1-2-3-4-5-6-12-9-13(20)23-16-14(12)15(21)18-17(22)19(16)10-11-7-8-11/h3-4,9,11H,2,5-8,10H2,1H3,(H,18,21,22)/b4-3-. The maximum Gasteiger partial charge on any atom is 0.337 e. The van der Waals surface area contributed by atoms with Gasteiger partial charge in [0.25, 0.3) is 5.56 Å². The lowest BCUT2D eigenvalue weighted by molar-refractivity contribution is 0.492. The summed E-state index contributed by atoms with van der Waals surface area (Å²) in [4.78, 5) is 38.5. The van der Waals surface area contributed by atoms with E-state index in [4.69, 9.17) is 4.42 Å². The lowest BCUT2D eigenvalue weighted by atomic mass is 10.1. The third kappa shape index (κ3) is 3.36. The third-order valence-corrected chi connectivity index (χ3v) is 4.08.